The van der Waals surface area contributed by atoms with Gasteiger partial charge >= 0.3 is 5.97 Å². The van der Waals surface area contributed by atoms with Crippen LogP contribution in [0.25, 0.3) is 11.2 Å². The number of esters is 1. The number of ether oxygens (including phenoxy) is 5. The van der Waals surface area contributed by atoms with E-state index >= 15 is 0 Å². The average Bonchev–Trinajstić information content (AvgIpc) is 3.49. The van der Waals surface area contributed by atoms with Gasteiger partial charge in [-0.15, -0.1) is 0 Å². The molecule has 2 aliphatic heterocycles. The van der Waals surface area contributed by atoms with Gasteiger partial charge in [0, 0.05) is 13.0 Å². The van der Waals surface area contributed by atoms with E-state index in [-0.39, 0.29) is 18.7 Å². The molecule has 0 amide bonds. The summed E-state index contributed by atoms with van der Waals surface area (Å²) < 4.78 is 30.7. The van der Waals surface area contributed by atoms with Crippen molar-refractivity contribution in [3.8, 4) is 0 Å². The Morgan fingerprint density at radius 2 is 2.08 bits per heavy atom. The van der Waals surface area contributed by atoms with Crippen LogP contribution in [0.15, 0.2) is 24.3 Å². The Bertz CT molecular complexity index is 1220. The highest BCUT2D eigenvalue weighted by Gasteiger charge is 2.65. The highest BCUT2D eigenvalue weighted by molar-refractivity contribution is 5.81. The maximum atomic E-state index is 12.5. The van der Waals surface area contributed by atoms with Crippen molar-refractivity contribution >= 4 is 23.0 Å². The predicted octanol–water partition coefficient (Wildman–Crippen LogP) is -0.362. The Labute approximate surface area is 218 Å². The lowest BCUT2D eigenvalue weighted by Gasteiger charge is -2.54. The number of aliphatic hydroxyl groups is 3. The van der Waals surface area contributed by atoms with E-state index < -0.39 is 66.6 Å². The number of nitrogens with two attached hydrogens (primary N) is 1. The van der Waals surface area contributed by atoms with Crippen molar-refractivity contribution in [2.45, 2.75) is 75.5 Å². The van der Waals surface area contributed by atoms with Crippen LogP contribution in [0, 0.1) is 11.8 Å². The Morgan fingerprint density at radius 3 is 2.76 bits per heavy atom. The number of aromatic nitrogens is 4. The first kappa shape index (κ1) is 26.9. The second kappa shape index (κ2) is 10.1. The minimum absolute atomic E-state index is 0.0511. The summed E-state index contributed by atoms with van der Waals surface area (Å²) in [6.07, 6.45) is -2.48. The smallest absolute Gasteiger partial charge is 0.311 e. The molecule has 1 aliphatic carbocycles. The molecule has 3 aliphatic rings. The lowest BCUT2D eigenvalue weighted by molar-refractivity contribution is -0.383. The minimum Gasteiger partial charge on any atom is -0.469 e. The lowest BCUT2D eigenvalue weighted by Crippen LogP contribution is -2.69. The first-order valence-electron chi connectivity index (χ1n) is 12.4. The number of imidazole rings is 1. The zero-order chi connectivity index (χ0) is 27.4. The highest BCUT2D eigenvalue weighted by atomic mass is 16.7. The molecule has 5 N–H and O–H groups in total. The molecule has 0 spiro atoms. The number of nitrogens with zero attached hydrogens (tertiary/aromatic N) is 4. The summed E-state index contributed by atoms with van der Waals surface area (Å²) in [5.74, 6) is -4.23. The number of allylic oxidation sites excluding steroid dienone is 1. The topological polar surface area (TPSA) is 194 Å². The van der Waals surface area contributed by atoms with Crippen LogP contribution in [0.2, 0.25) is 0 Å². The average molecular weight is 536 g/mol. The molecule has 5 rings (SSSR count). The molecular formula is C24H33N5O9. The summed E-state index contributed by atoms with van der Waals surface area (Å²) in [5, 5.41) is 33.7. The van der Waals surface area contributed by atoms with Gasteiger partial charge in [0.15, 0.2) is 29.8 Å². The van der Waals surface area contributed by atoms with Gasteiger partial charge in [-0.05, 0) is 32.3 Å². The maximum absolute atomic E-state index is 12.5. The molecule has 14 heteroatoms. The summed E-state index contributed by atoms with van der Waals surface area (Å²) in [6, 6.07) is 0. The Kier molecular flexibility index (Phi) is 7.15. The standard InChI is InChI=1S/C24H33N5O9/c1-5-10(2)22(31)37-18-15(30)12(23(32)35-4)6-11-7-13-16(38-24(11,18)33)17(34-3)21(36-13)29-9-28-14-19(25)26-8-27-20(14)29/h5,8-9,11-13,15-18,21-22,30-31,33H,6-7H2,1-4H3,(H2,25,26,27). The van der Waals surface area contributed by atoms with Crippen LogP contribution in [0.1, 0.15) is 32.9 Å². The van der Waals surface area contributed by atoms with Crippen molar-refractivity contribution in [2.75, 3.05) is 20.0 Å². The largest absolute Gasteiger partial charge is 0.469 e. The number of anilines is 1. The second-order valence-corrected chi connectivity index (χ2v) is 9.91. The van der Waals surface area contributed by atoms with Gasteiger partial charge in [-0.2, -0.15) is 0 Å². The van der Waals surface area contributed by atoms with Crippen molar-refractivity contribution in [1.82, 2.24) is 19.5 Å². The normalized spacial score (nSPS) is 38.0. The number of carbonyl (C=O) groups excluding carboxylic acids is 1. The molecule has 2 aromatic heterocycles. The number of hydrogen-bond donors (Lipinski definition) is 4. The number of rotatable bonds is 6. The van der Waals surface area contributed by atoms with Gasteiger partial charge in [-0.1, -0.05) is 6.08 Å². The number of hydrogen-bond acceptors (Lipinski definition) is 13. The van der Waals surface area contributed by atoms with Gasteiger partial charge in [-0.3, -0.25) is 9.36 Å². The summed E-state index contributed by atoms with van der Waals surface area (Å²) >= 11 is 0. The van der Waals surface area contributed by atoms with E-state index in [2.05, 4.69) is 15.0 Å². The molecule has 1 saturated carbocycles. The summed E-state index contributed by atoms with van der Waals surface area (Å²) in [7, 11) is 2.71. The van der Waals surface area contributed by atoms with Gasteiger partial charge in [-0.25, -0.2) is 15.0 Å². The van der Waals surface area contributed by atoms with Crippen LogP contribution in [-0.2, 0) is 28.5 Å². The Balaban J connectivity index is 1.50. The molecule has 10 atom stereocenters. The van der Waals surface area contributed by atoms with E-state index in [0.29, 0.717) is 16.7 Å². The fourth-order valence-electron chi connectivity index (χ4n) is 5.75. The van der Waals surface area contributed by atoms with Crippen molar-refractivity contribution < 1.29 is 43.8 Å². The van der Waals surface area contributed by atoms with E-state index in [9.17, 15) is 20.1 Å². The van der Waals surface area contributed by atoms with E-state index in [1.807, 2.05) is 0 Å². The monoisotopic (exact) mass is 535 g/mol. The number of nitrogen functional groups attached to an aromatic ring is 1. The molecule has 0 aromatic carbocycles. The number of methoxy groups -OCH3 is 2. The number of fused-ring (bicyclic) bond motifs is 3. The molecule has 4 heterocycles. The van der Waals surface area contributed by atoms with E-state index in [1.54, 1.807) is 24.5 Å². The van der Waals surface area contributed by atoms with Crippen LogP contribution >= 0.6 is 0 Å². The van der Waals surface area contributed by atoms with E-state index in [1.165, 1.54) is 26.9 Å². The summed E-state index contributed by atoms with van der Waals surface area (Å²) in [4.78, 5) is 25.1. The minimum atomic E-state index is -2.07. The third kappa shape index (κ3) is 4.16. The first-order chi connectivity index (χ1) is 18.1. The number of carbonyl (C=O) groups is 1. The molecule has 10 unspecified atom stereocenters. The Hall–Kier alpha value is -2.72. The molecule has 3 fully saturated rings. The molecule has 208 valence electrons. The fraction of sp³-hybridized carbons (Fsp3) is 0.667. The van der Waals surface area contributed by atoms with Gasteiger partial charge in [0.25, 0.3) is 0 Å². The van der Waals surface area contributed by atoms with Crippen LogP contribution in [-0.4, -0.2) is 97.6 Å². The third-order valence-corrected chi connectivity index (χ3v) is 7.94. The molecule has 2 aromatic rings. The van der Waals surface area contributed by atoms with Gasteiger partial charge in [0.05, 0.1) is 31.6 Å². The van der Waals surface area contributed by atoms with E-state index in [0.717, 1.165) is 0 Å². The van der Waals surface area contributed by atoms with Crippen molar-refractivity contribution in [3.05, 3.63) is 24.3 Å². The zero-order valence-corrected chi connectivity index (χ0v) is 21.5. The van der Waals surface area contributed by atoms with Crippen LogP contribution in [0.3, 0.4) is 0 Å². The zero-order valence-electron chi connectivity index (χ0n) is 21.5. The second-order valence-electron chi connectivity index (χ2n) is 9.91. The molecule has 14 nitrogen and oxygen atoms in total. The molecule has 0 bridgehead atoms. The Morgan fingerprint density at radius 1 is 1.32 bits per heavy atom. The van der Waals surface area contributed by atoms with Crippen LogP contribution in [0.4, 0.5) is 5.82 Å². The molecule has 0 radical (unpaired) electrons. The molecule has 38 heavy (non-hydrogen) atoms. The molecular weight excluding hydrogens is 502 g/mol. The van der Waals surface area contributed by atoms with Gasteiger partial charge < -0.3 is 44.7 Å². The first-order valence-corrected chi connectivity index (χ1v) is 12.4. The van der Waals surface area contributed by atoms with Crippen molar-refractivity contribution in [1.29, 1.82) is 0 Å². The molecule has 2 saturated heterocycles. The SMILES string of the molecule is CC=C(C)C(O)OC1C(O)C(C(=O)OC)CC2CC3OC(n4cnc5c(N)ncnc54)C(OC)C3OC21O. The fourth-order valence-corrected chi connectivity index (χ4v) is 5.75. The number of aliphatic hydroxyl groups excluding tert-OH is 2. The van der Waals surface area contributed by atoms with E-state index in [4.69, 9.17) is 29.4 Å². The van der Waals surface area contributed by atoms with Crippen LogP contribution in [0.5, 0.6) is 0 Å². The third-order valence-electron chi connectivity index (χ3n) is 7.94. The lowest BCUT2D eigenvalue weighted by atomic mass is 9.69. The van der Waals surface area contributed by atoms with Crippen LogP contribution < -0.4 is 5.73 Å². The summed E-state index contributed by atoms with van der Waals surface area (Å²) in [6.45, 7) is 3.35. The quantitative estimate of drug-likeness (QED) is 0.213. The summed E-state index contributed by atoms with van der Waals surface area (Å²) in [5.41, 5.74) is 7.24. The van der Waals surface area contributed by atoms with Crippen molar-refractivity contribution in [2.24, 2.45) is 11.8 Å². The van der Waals surface area contributed by atoms with Crippen molar-refractivity contribution in [3.63, 3.8) is 0 Å². The maximum Gasteiger partial charge on any atom is 0.311 e. The van der Waals surface area contributed by atoms with Gasteiger partial charge in [0.2, 0.25) is 0 Å². The highest BCUT2D eigenvalue weighted by Crippen LogP contribution is 2.51. The van der Waals surface area contributed by atoms with Gasteiger partial charge in [0.1, 0.15) is 30.2 Å². The predicted molar refractivity (Wildman–Crippen MR) is 129 cm³/mol.